The highest BCUT2D eigenvalue weighted by Crippen LogP contribution is 2.47. The summed E-state index contributed by atoms with van der Waals surface area (Å²) in [5.41, 5.74) is -0.00276. The van der Waals surface area contributed by atoms with Gasteiger partial charge in [0.1, 0.15) is 11.3 Å². The zero-order valence-corrected chi connectivity index (χ0v) is 13.5. The van der Waals surface area contributed by atoms with Crippen LogP contribution in [-0.4, -0.2) is 22.8 Å². The zero-order chi connectivity index (χ0) is 16.0. The molecule has 0 radical (unpaired) electrons. The van der Waals surface area contributed by atoms with Crippen LogP contribution in [0.2, 0.25) is 0 Å². The first-order valence-electron chi connectivity index (χ1n) is 8.36. The van der Waals surface area contributed by atoms with Crippen LogP contribution in [0.5, 0.6) is 0 Å². The van der Waals surface area contributed by atoms with E-state index in [1.165, 1.54) is 0 Å². The van der Waals surface area contributed by atoms with Crippen molar-refractivity contribution in [1.29, 1.82) is 0 Å². The Kier molecular flexibility index (Phi) is 3.87. The fourth-order valence-electron chi connectivity index (χ4n) is 4.47. The van der Waals surface area contributed by atoms with E-state index in [-0.39, 0.29) is 29.0 Å². The van der Waals surface area contributed by atoms with Crippen LogP contribution in [-0.2, 0) is 9.59 Å². The first-order valence-corrected chi connectivity index (χ1v) is 8.36. The number of carbonyl (C=O) groups is 2. The Morgan fingerprint density at radius 1 is 1.18 bits per heavy atom. The number of amides is 1. The van der Waals surface area contributed by atoms with E-state index in [4.69, 9.17) is 0 Å². The number of nitrogens with one attached hydrogen (secondary N) is 1. The Labute approximate surface area is 131 Å². The molecule has 6 unspecified atom stereocenters. The molecule has 2 aliphatic carbocycles. The third-order valence-electron chi connectivity index (χ3n) is 5.69. The van der Waals surface area contributed by atoms with Crippen LogP contribution in [0.15, 0.2) is 23.5 Å². The lowest BCUT2D eigenvalue weighted by molar-refractivity contribution is -0.117. The molecule has 4 nitrogen and oxygen atoms in total. The third kappa shape index (κ3) is 2.38. The maximum absolute atomic E-state index is 12.2. The van der Waals surface area contributed by atoms with Crippen molar-refractivity contribution >= 4 is 11.7 Å². The molecular weight excluding hydrogens is 278 g/mol. The number of aliphatic hydroxyl groups excluding tert-OH is 1. The van der Waals surface area contributed by atoms with E-state index < -0.39 is 11.9 Å². The molecule has 2 fully saturated rings. The number of carbonyl (C=O) groups excluding carboxylic acids is 2. The van der Waals surface area contributed by atoms with E-state index >= 15 is 0 Å². The molecule has 1 heterocycles. The van der Waals surface area contributed by atoms with Crippen LogP contribution in [0, 0.1) is 29.6 Å². The lowest BCUT2D eigenvalue weighted by Crippen LogP contribution is -2.36. The van der Waals surface area contributed by atoms with Crippen LogP contribution in [0.1, 0.15) is 40.0 Å². The Hall–Kier alpha value is -1.58. The summed E-state index contributed by atoms with van der Waals surface area (Å²) >= 11 is 0. The van der Waals surface area contributed by atoms with Gasteiger partial charge in [-0.15, -0.1) is 0 Å². The summed E-state index contributed by atoms with van der Waals surface area (Å²) in [6, 6.07) is -0.527. The van der Waals surface area contributed by atoms with Crippen molar-refractivity contribution < 1.29 is 14.7 Å². The molecule has 3 rings (SSSR count). The van der Waals surface area contributed by atoms with Gasteiger partial charge >= 0.3 is 0 Å². The van der Waals surface area contributed by atoms with Crippen molar-refractivity contribution in [3.8, 4) is 0 Å². The average molecular weight is 303 g/mol. The van der Waals surface area contributed by atoms with Crippen LogP contribution in [0.3, 0.4) is 0 Å². The molecule has 6 atom stereocenters. The molecule has 1 aliphatic heterocycles. The lowest BCUT2D eigenvalue weighted by atomic mass is 9.62. The van der Waals surface area contributed by atoms with Crippen LogP contribution in [0.4, 0.5) is 0 Å². The molecule has 120 valence electrons. The van der Waals surface area contributed by atoms with Crippen molar-refractivity contribution in [2.45, 2.75) is 46.1 Å². The van der Waals surface area contributed by atoms with Crippen molar-refractivity contribution in [2.24, 2.45) is 29.6 Å². The number of fused-ring (bicyclic) bond motifs is 1. The highest BCUT2D eigenvalue weighted by Gasteiger charge is 2.44. The number of rotatable bonds is 1. The topological polar surface area (TPSA) is 66.4 Å². The van der Waals surface area contributed by atoms with Gasteiger partial charge in [0.05, 0.1) is 6.04 Å². The highest BCUT2D eigenvalue weighted by molar-refractivity contribution is 6.26. The minimum Gasteiger partial charge on any atom is -0.511 e. The van der Waals surface area contributed by atoms with E-state index in [1.807, 2.05) is 0 Å². The molecule has 0 bridgehead atoms. The van der Waals surface area contributed by atoms with Gasteiger partial charge in [-0.1, -0.05) is 32.4 Å². The van der Waals surface area contributed by atoms with Crippen molar-refractivity contribution in [2.75, 3.05) is 0 Å². The SMILES string of the molecule is CC1CCC2C(C=CC(C)C2/C(O)=C2/C(=O)NC(C)C2=O)C1. The first kappa shape index (κ1) is 15.3. The van der Waals surface area contributed by atoms with E-state index in [0.717, 1.165) is 19.3 Å². The van der Waals surface area contributed by atoms with Gasteiger partial charge in [0.2, 0.25) is 0 Å². The number of Topliss-reactive ketones (excluding diaryl/α,β-unsaturated/α-hetero) is 1. The molecule has 0 aromatic rings. The van der Waals surface area contributed by atoms with Gasteiger partial charge in [-0.25, -0.2) is 0 Å². The van der Waals surface area contributed by atoms with Crippen LogP contribution in [0.25, 0.3) is 0 Å². The number of aliphatic hydroxyl groups is 1. The van der Waals surface area contributed by atoms with Crippen molar-refractivity contribution in [3.05, 3.63) is 23.5 Å². The number of hydrogen-bond acceptors (Lipinski definition) is 3. The highest BCUT2D eigenvalue weighted by atomic mass is 16.3. The normalized spacial score (nSPS) is 43.8. The van der Waals surface area contributed by atoms with E-state index in [0.29, 0.717) is 17.8 Å². The molecule has 0 aromatic heterocycles. The number of hydrogen-bond donors (Lipinski definition) is 2. The van der Waals surface area contributed by atoms with Gasteiger partial charge in [-0.05, 0) is 43.4 Å². The van der Waals surface area contributed by atoms with E-state index in [9.17, 15) is 14.7 Å². The summed E-state index contributed by atoms with van der Waals surface area (Å²) in [6.45, 7) is 5.99. The summed E-state index contributed by atoms with van der Waals surface area (Å²) in [4.78, 5) is 24.2. The minimum atomic E-state index is -0.527. The fourth-order valence-corrected chi connectivity index (χ4v) is 4.47. The predicted octanol–water partition coefficient (Wildman–Crippen LogP) is 2.76. The monoisotopic (exact) mass is 303 g/mol. The molecule has 4 heteroatoms. The summed E-state index contributed by atoms with van der Waals surface area (Å²) in [6.07, 6.45) is 7.74. The van der Waals surface area contributed by atoms with Gasteiger partial charge in [0.15, 0.2) is 5.78 Å². The molecule has 22 heavy (non-hydrogen) atoms. The molecule has 3 aliphatic rings. The maximum atomic E-state index is 12.2. The largest absolute Gasteiger partial charge is 0.511 e. The standard InChI is InChI=1S/C18H25NO3/c1-9-4-7-13-12(8-9)6-5-10(2)14(13)17(21)15-16(20)11(3)19-18(15)22/h5-6,9-14,21H,4,7-8H2,1-3H3,(H,19,22)/b17-15-. The maximum Gasteiger partial charge on any atom is 0.259 e. The number of ketones is 1. The molecule has 0 spiro atoms. The third-order valence-corrected chi connectivity index (χ3v) is 5.69. The lowest BCUT2D eigenvalue weighted by Gasteiger charge is -2.43. The molecule has 2 N–H and O–H groups in total. The van der Waals surface area contributed by atoms with E-state index in [2.05, 4.69) is 31.3 Å². The molecule has 1 saturated carbocycles. The summed E-state index contributed by atoms with van der Waals surface area (Å²) in [5.74, 6) is 0.850. The average Bonchev–Trinajstić information content (AvgIpc) is 2.71. The second-order valence-electron chi connectivity index (χ2n) is 7.34. The van der Waals surface area contributed by atoms with Crippen LogP contribution >= 0.6 is 0 Å². The molecule has 1 amide bonds. The van der Waals surface area contributed by atoms with Crippen molar-refractivity contribution in [1.82, 2.24) is 5.32 Å². The quantitative estimate of drug-likeness (QED) is 0.339. The number of allylic oxidation sites excluding steroid dienone is 3. The summed E-state index contributed by atoms with van der Waals surface area (Å²) in [7, 11) is 0. The van der Waals surface area contributed by atoms with Crippen LogP contribution < -0.4 is 5.32 Å². The molecular formula is C18H25NO3. The van der Waals surface area contributed by atoms with E-state index in [1.54, 1.807) is 6.92 Å². The van der Waals surface area contributed by atoms with Gasteiger partial charge in [-0.3, -0.25) is 9.59 Å². The Morgan fingerprint density at radius 2 is 1.91 bits per heavy atom. The zero-order valence-electron chi connectivity index (χ0n) is 13.5. The fraction of sp³-hybridized carbons (Fsp3) is 0.667. The van der Waals surface area contributed by atoms with Gasteiger partial charge in [-0.2, -0.15) is 0 Å². The summed E-state index contributed by atoms with van der Waals surface area (Å²) < 4.78 is 0. The molecule has 0 aromatic carbocycles. The first-order chi connectivity index (χ1) is 10.4. The second kappa shape index (κ2) is 5.56. The summed E-state index contributed by atoms with van der Waals surface area (Å²) in [5, 5.41) is 13.4. The molecule has 1 saturated heterocycles. The Morgan fingerprint density at radius 3 is 2.55 bits per heavy atom. The van der Waals surface area contributed by atoms with Gasteiger partial charge < -0.3 is 10.4 Å². The Balaban J connectivity index is 1.97. The smallest absolute Gasteiger partial charge is 0.259 e. The minimum absolute atomic E-state index is 0.00276. The predicted molar refractivity (Wildman–Crippen MR) is 84.1 cm³/mol. The van der Waals surface area contributed by atoms with Gasteiger partial charge in [0, 0.05) is 5.92 Å². The van der Waals surface area contributed by atoms with Gasteiger partial charge in [0.25, 0.3) is 5.91 Å². The Bertz CT molecular complexity index is 563. The van der Waals surface area contributed by atoms with Crippen molar-refractivity contribution in [3.63, 3.8) is 0 Å². The second-order valence-corrected chi connectivity index (χ2v) is 7.34.